The van der Waals surface area contributed by atoms with E-state index in [1.165, 1.54) is 0 Å². The third-order valence-electron chi connectivity index (χ3n) is 3.55. The molecule has 0 radical (unpaired) electrons. The Hall–Kier alpha value is -2.69. The number of fused-ring (bicyclic) bond motifs is 1. The number of nitrogens with zero attached hydrogens (tertiary/aromatic N) is 1. The van der Waals surface area contributed by atoms with E-state index in [0.717, 1.165) is 28.6 Å². The van der Waals surface area contributed by atoms with E-state index in [9.17, 15) is 0 Å². The Kier molecular flexibility index (Phi) is 4.66. The largest absolute Gasteiger partial charge is 0.497 e. The van der Waals surface area contributed by atoms with Crippen LogP contribution in [0.15, 0.2) is 47.5 Å². The summed E-state index contributed by atoms with van der Waals surface area (Å²) in [7, 11) is 3.25. The first kappa shape index (κ1) is 15.2. The summed E-state index contributed by atoms with van der Waals surface area (Å²) in [4.78, 5) is 4.45. The maximum Gasteiger partial charge on any atom is 0.161 e. The van der Waals surface area contributed by atoms with Crippen LogP contribution in [0.25, 0.3) is 0 Å². The van der Waals surface area contributed by atoms with Crippen molar-refractivity contribution in [2.45, 2.75) is 6.10 Å². The minimum absolute atomic E-state index is 0.0922. The third-order valence-corrected chi connectivity index (χ3v) is 3.55. The predicted molar refractivity (Wildman–Crippen MR) is 88.4 cm³/mol. The SMILES string of the molecule is COc1ccc(C=NCC2COc3ccccc3O2)c(OC)c1. The fraction of sp³-hybridized carbons (Fsp3) is 0.278. The quantitative estimate of drug-likeness (QED) is 0.796. The van der Waals surface area contributed by atoms with Crippen molar-refractivity contribution in [3.8, 4) is 23.0 Å². The fourth-order valence-corrected chi connectivity index (χ4v) is 2.35. The van der Waals surface area contributed by atoms with Gasteiger partial charge in [-0.05, 0) is 24.3 Å². The second-order valence-corrected chi connectivity index (χ2v) is 5.10. The molecule has 120 valence electrons. The van der Waals surface area contributed by atoms with Crippen LogP contribution < -0.4 is 18.9 Å². The average Bonchev–Trinajstić information content (AvgIpc) is 2.61. The van der Waals surface area contributed by atoms with Crippen molar-refractivity contribution in [3.05, 3.63) is 48.0 Å². The molecule has 1 aliphatic heterocycles. The molecule has 0 saturated carbocycles. The monoisotopic (exact) mass is 313 g/mol. The van der Waals surface area contributed by atoms with Crippen LogP contribution in [-0.4, -0.2) is 39.7 Å². The summed E-state index contributed by atoms with van der Waals surface area (Å²) in [5, 5.41) is 0. The van der Waals surface area contributed by atoms with Crippen molar-refractivity contribution < 1.29 is 18.9 Å². The first-order valence-corrected chi connectivity index (χ1v) is 7.40. The van der Waals surface area contributed by atoms with Gasteiger partial charge in [0.2, 0.25) is 0 Å². The Morgan fingerprint density at radius 3 is 2.74 bits per heavy atom. The molecule has 0 N–H and O–H groups in total. The molecule has 0 saturated heterocycles. The number of rotatable bonds is 5. The van der Waals surface area contributed by atoms with Gasteiger partial charge in [0, 0.05) is 17.8 Å². The number of hydrogen-bond acceptors (Lipinski definition) is 5. The molecule has 0 fully saturated rings. The van der Waals surface area contributed by atoms with Crippen LogP contribution in [-0.2, 0) is 0 Å². The molecule has 1 atom stereocenters. The van der Waals surface area contributed by atoms with Gasteiger partial charge in [0.25, 0.3) is 0 Å². The molecule has 0 amide bonds. The summed E-state index contributed by atoms with van der Waals surface area (Å²) in [6, 6.07) is 13.3. The van der Waals surface area contributed by atoms with Gasteiger partial charge in [-0.2, -0.15) is 0 Å². The fourth-order valence-electron chi connectivity index (χ4n) is 2.35. The van der Waals surface area contributed by atoms with Gasteiger partial charge in [-0.25, -0.2) is 0 Å². The summed E-state index contributed by atoms with van der Waals surface area (Å²) < 4.78 is 22.1. The second kappa shape index (κ2) is 7.05. The number of ether oxygens (including phenoxy) is 4. The lowest BCUT2D eigenvalue weighted by Gasteiger charge is -2.25. The Balaban J connectivity index is 1.64. The predicted octanol–water partition coefficient (Wildman–Crippen LogP) is 2.96. The summed E-state index contributed by atoms with van der Waals surface area (Å²) >= 11 is 0. The molecule has 0 bridgehead atoms. The molecule has 5 nitrogen and oxygen atoms in total. The number of aliphatic imine (C=N–C) groups is 1. The maximum absolute atomic E-state index is 5.87. The molecule has 1 heterocycles. The van der Waals surface area contributed by atoms with E-state index in [-0.39, 0.29) is 6.10 Å². The van der Waals surface area contributed by atoms with Crippen molar-refractivity contribution in [2.75, 3.05) is 27.4 Å². The minimum atomic E-state index is -0.0922. The van der Waals surface area contributed by atoms with Gasteiger partial charge in [-0.1, -0.05) is 12.1 Å². The van der Waals surface area contributed by atoms with Crippen molar-refractivity contribution in [3.63, 3.8) is 0 Å². The van der Waals surface area contributed by atoms with E-state index in [1.807, 2.05) is 42.5 Å². The van der Waals surface area contributed by atoms with Crippen molar-refractivity contribution in [1.82, 2.24) is 0 Å². The van der Waals surface area contributed by atoms with E-state index in [0.29, 0.717) is 13.2 Å². The third kappa shape index (κ3) is 3.56. The molecule has 5 heteroatoms. The molecule has 2 aromatic rings. The smallest absolute Gasteiger partial charge is 0.161 e. The van der Waals surface area contributed by atoms with Gasteiger partial charge >= 0.3 is 0 Å². The molecule has 0 spiro atoms. The van der Waals surface area contributed by atoms with Crippen LogP contribution in [0.3, 0.4) is 0 Å². The van der Waals surface area contributed by atoms with E-state index >= 15 is 0 Å². The number of para-hydroxylation sites is 2. The first-order chi connectivity index (χ1) is 11.3. The molecular formula is C18H19NO4. The van der Waals surface area contributed by atoms with Crippen molar-refractivity contribution >= 4 is 6.21 Å². The van der Waals surface area contributed by atoms with Gasteiger partial charge in [-0.15, -0.1) is 0 Å². The molecule has 3 rings (SSSR count). The molecule has 2 aromatic carbocycles. The lowest BCUT2D eigenvalue weighted by atomic mass is 10.2. The minimum Gasteiger partial charge on any atom is -0.497 e. The zero-order valence-electron chi connectivity index (χ0n) is 13.2. The molecule has 1 aliphatic rings. The van der Waals surface area contributed by atoms with Crippen LogP contribution in [0.4, 0.5) is 0 Å². The molecule has 23 heavy (non-hydrogen) atoms. The van der Waals surface area contributed by atoms with Gasteiger partial charge in [0.15, 0.2) is 17.6 Å². The Morgan fingerprint density at radius 2 is 1.96 bits per heavy atom. The molecular weight excluding hydrogens is 294 g/mol. The Labute approximate surface area is 135 Å². The standard InChI is InChI=1S/C18H19NO4/c1-20-14-8-7-13(18(9-14)21-2)10-19-11-15-12-22-16-5-3-4-6-17(16)23-15/h3-10,15H,11-12H2,1-2H3. The van der Waals surface area contributed by atoms with Gasteiger partial charge in [0.05, 0.1) is 20.8 Å². The van der Waals surface area contributed by atoms with Crippen LogP contribution in [0.1, 0.15) is 5.56 Å². The van der Waals surface area contributed by atoms with Crippen LogP contribution in [0.2, 0.25) is 0 Å². The molecule has 0 aliphatic carbocycles. The Bertz CT molecular complexity index is 699. The zero-order valence-corrected chi connectivity index (χ0v) is 13.2. The Morgan fingerprint density at radius 1 is 1.13 bits per heavy atom. The molecule has 1 unspecified atom stereocenters. The average molecular weight is 313 g/mol. The van der Waals surface area contributed by atoms with Gasteiger partial charge in [-0.3, -0.25) is 4.99 Å². The molecule has 0 aromatic heterocycles. The van der Waals surface area contributed by atoms with E-state index in [1.54, 1.807) is 20.4 Å². The van der Waals surface area contributed by atoms with E-state index in [2.05, 4.69) is 4.99 Å². The highest BCUT2D eigenvalue weighted by Gasteiger charge is 2.19. The van der Waals surface area contributed by atoms with Gasteiger partial charge in [0.1, 0.15) is 18.1 Å². The summed E-state index contributed by atoms with van der Waals surface area (Å²) in [6.45, 7) is 1.01. The maximum atomic E-state index is 5.87. The number of benzene rings is 2. The lowest BCUT2D eigenvalue weighted by molar-refractivity contribution is 0.0973. The van der Waals surface area contributed by atoms with E-state index < -0.39 is 0 Å². The van der Waals surface area contributed by atoms with Gasteiger partial charge < -0.3 is 18.9 Å². The summed E-state index contributed by atoms with van der Waals surface area (Å²) in [5.41, 5.74) is 0.894. The number of methoxy groups -OCH3 is 2. The van der Waals surface area contributed by atoms with E-state index in [4.69, 9.17) is 18.9 Å². The summed E-state index contributed by atoms with van der Waals surface area (Å²) in [6.07, 6.45) is 1.69. The topological polar surface area (TPSA) is 49.3 Å². The van der Waals surface area contributed by atoms with Crippen molar-refractivity contribution in [1.29, 1.82) is 0 Å². The summed E-state index contributed by atoms with van der Waals surface area (Å²) in [5.74, 6) is 3.02. The first-order valence-electron chi connectivity index (χ1n) is 7.40. The highest BCUT2D eigenvalue weighted by Crippen LogP contribution is 2.31. The van der Waals surface area contributed by atoms with Crippen LogP contribution in [0, 0.1) is 0 Å². The normalized spacial score (nSPS) is 16.3. The highest BCUT2D eigenvalue weighted by molar-refractivity contribution is 5.84. The second-order valence-electron chi connectivity index (χ2n) is 5.10. The van der Waals surface area contributed by atoms with Crippen molar-refractivity contribution in [2.24, 2.45) is 4.99 Å². The zero-order chi connectivity index (χ0) is 16.1. The van der Waals surface area contributed by atoms with Crippen LogP contribution >= 0.6 is 0 Å². The van der Waals surface area contributed by atoms with Crippen LogP contribution in [0.5, 0.6) is 23.0 Å². The highest BCUT2D eigenvalue weighted by atomic mass is 16.6. The number of hydrogen-bond donors (Lipinski definition) is 0. The lowest BCUT2D eigenvalue weighted by Crippen LogP contribution is -2.31.